The molecule has 2 heterocycles. The molecule has 1 unspecified atom stereocenters. The molecule has 1 atom stereocenters. The number of piperidine rings is 1. The first kappa shape index (κ1) is 9.70. The van der Waals surface area contributed by atoms with Gasteiger partial charge in [-0.05, 0) is 12.8 Å². The lowest BCUT2D eigenvalue weighted by Crippen LogP contribution is -2.41. The Morgan fingerprint density at radius 2 is 2.47 bits per heavy atom. The number of aromatic amines is 1. The first-order valence-electron chi connectivity index (χ1n) is 4.75. The molecule has 6 nitrogen and oxygen atoms in total. The fourth-order valence-corrected chi connectivity index (χ4v) is 1.48. The third-order valence-corrected chi connectivity index (χ3v) is 2.26. The normalized spacial score (nSPS) is 20.8. The summed E-state index contributed by atoms with van der Waals surface area (Å²) in [6.07, 6.45) is 4.19. The highest BCUT2D eigenvalue weighted by atomic mass is 16.5. The summed E-state index contributed by atoms with van der Waals surface area (Å²) in [5, 5.41) is 8.79. The Bertz CT molecular complexity index is 361. The molecule has 80 valence electrons. The molecular weight excluding hydrogens is 198 g/mol. The fraction of sp³-hybridized carbons (Fsp3) is 0.444. The van der Waals surface area contributed by atoms with Gasteiger partial charge in [0.1, 0.15) is 5.92 Å². The van der Waals surface area contributed by atoms with Gasteiger partial charge in [-0.25, -0.2) is 0 Å². The molecule has 1 aliphatic heterocycles. The predicted octanol–water partition coefficient (Wildman–Crippen LogP) is -0.159. The number of H-pyrrole nitrogens is 1. The minimum absolute atomic E-state index is 0.255. The van der Waals surface area contributed by atoms with Crippen LogP contribution in [0.15, 0.2) is 12.4 Å². The molecule has 1 fully saturated rings. The number of carbonyl (C=O) groups is 2. The average molecular weight is 209 g/mol. The van der Waals surface area contributed by atoms with Crippen LogP contribution < -0.4 is 10.1 Å². The molecule has 0 spiro atoms. The highest BCUT2D eigenvalue weighted by molar-refractivity contribution is 5.98. The Kier molecular flexibility index (Phi) is 2.66. The van der Waals surface area contributed by atoms with Crippen molar-refractivity contribution in [1.29, 1.82) is 0 Å². The molecule has 0 saturated carbocycles. The summed E-state index contributed by atoms with van der Waals surface area (Å²) in [6.45, 7) is 0.633. The zero-order valence-corrected chi connectivity index (χ0v) is 8.03. The smallest absolute Gasteiger partial charge is 0.323 e. The van der Waals surface area contributed by atoms with E-state index in [0.717, 1.165) is 6.42 Å². The molecule has 6 heteroatoms. The number of hydrogen-bond donors (Lipinski definition) is 2. The van der Waals surface area contributed by atoms with Crippen molar-refractivity contribution in [2.75, 3.05) is 6.54 Å². The van der Waals surface area contributed by atoms with Gasteiger partial charge in [-0.15, -0.1) is 0 Å². The van der Waals surface area contributed by atoms with Crippen molar-refractivity contribution in [1.82, 2.24) is 15.5 Å². The quantitative estimate of drug-likeness (QED) is 0.523. The molecule has 0 bridgehead atoms. The van der Waals surface area contributed by atoms with Gasteiger partial charge in [-0.2, -0.15) is 5.10 Å². The number of ether oxygens (including phenoxy) is 1. The van der Waals surface area contributed by atoms with Gasteiger partial charge in [0, 0.05) is 6.54 Å². The van der Waals surface area contributed by atoms with Crippen molar-refractivity contribution in [3.8, 4) is 5.75 Å². The van der Waals surface area contributed by atoms with Gasteiger partial charge in [0.25, 0.3) is 0 Å². The number of amides is 1. The van der Waals surface area contributed by atoms with Crippen LogP contribution in [-0.2, 0) is 9.59 Å². The average Bonchev–Trinajstić information content (AvgIpc) is 2.71. The lowest BCUT2D eigenvalue weighted by atomic mass is 9.99. The number of carbonyl (C=O) groups excluding carboxylic acids is 2. The largest absolute Gasteiger partial charge is 0.423 e. The Morgan fingerprint density at radius 3 is 3.13 bits per heavy atom. The maximum absolute atomic E-state index is 11.6. The van der Waals surface area contributed by atoms with Crippen molar-refractivity contribution >= 4 is 11.9 Å². The molecule has 0 radical (unpaired) electrons. The molecule has 2 rings (SSSR count). The van der Waals surface area contributed by atoms with E-state index < -0.39 is 11.9 Å². The van der Waals surface area contributed by atoms with E-state index in [4.69, 9.17) is 4.74 Å². The highest BCUT2D eigenvalue weighted by Crippen LogP contribution is 2.15. The first-order chi connectivity index (χ1) is 7.27. The third-order valence-electron chi connectivity index (χ3n) is 2.26. The minimum atomic E-state index is -0.686. The molecule has 1 aliphatic rings. The number of nitrogens with zero attached hydrogens (tertiary/aromatic N) is 1. The highest BCUT2D eigenvalue weighted by Gasteiger charge is 2.30. The van der Waals surface area contributed by atoms with E-state index in [9.17, 15) is 9.59 Å². The molecule has 15 heavy (non-hydrogen) atoms. The summed E-state index contributed by atoms with van der Waals surface area (Å²) in [4.78, 5) is 22.9. The van der Waals surface area contributed by atoms with E-state index in [1.54, 1.807) is 0 Å². The van der Waals surface area contributed by atoms with Gasteiger partial charge in [-0.1, -0.05) is 0 Å². The molecule has 0 aromatic carbocycles. The Balaban J connectivity index is 1.98. The molecule has 1 aromatic heterocycles. The van der Waals surface area contributed by atoms with Crippen molar-refractivity contribution in [3.05, 3.63) is 12.4 Å². The van der Waals surface area contributed by atoms with Crippen LogP contribution in [0.1, 0.15) is 12.8 Å². The Labute approximate surface area is 86.0 Å². The number of nitrogens with one attached hydrogen (secondary N) is 2. The lowest BCUT2D eigenvalue weighted by Gasteiger charge is -2.19. The van der Waals surface area contributed by atoms with E-state index in [0.29, 0.717) is 18.7 Å². The second-order valence-corrected chi connectivity index (χ2v) is 3.34. The van der Waals surface area contributed by atoms with E-state index in [1.807, 2.05) is 0 Å². The van der Waals surface area contributed by atoms with E-state index in [1.165, 1.54) is 12.4 Å². The van der Waals surface area contributed by atoms with Crippen molar-refractivity contribution in [3.63, 3.8) is 0 Å². The molecule has 1 aromatic rings. The van der Waals surface area contributed by atoms with E-state index in [-0.39, 0.29) is 5.91 Å². The minimum Gasteiger partial charge on any atom is -0.423 e. The summed E-state index contributed by atoms with van der Waals surface area (Å²) in [5.74, 6) is -1.13. The molecule has 2 N–H and O–H groups in total. The number of hydrogen-bond acceptors (Lipinski definition) is 4. The van der Waals surface area contributed by atoms with Crippen molar-refractivity contribution < 1.29 is 14.3 Å². The standard InChI is InChI=1S/C9H11N3O3/c13-8-7(2-1-3-10-8)9(14)15-6-4-11-12-5-6/h4-5,7H,1-3H2,(H,10,13)(H,11,12). The van der Waals surface area contributed by atoms with Crippen LogP contribution in [0.2, 0.25) is 0 Å². The number of aromatic nitrogens is 2. The van der Waals surface area contributed by atoms with Gasteiger partial charge < -0.3 is 10.1 Å². The van der Waals surface area contributed by atoms with Crippen LogP contribution in [0.4, 0.5) is 0 Å². The van der Waals surface area contributed by atoms with Gasteiger partial charge in [-0.3, -0.25) is 14.7 Å². The SMILES string of the molecule is O=C1NCCCC1C(=O)Oc1cn[nH]c1. The maximum atomic E-state index is 11.6. The molecule has 0 aliphatic carbocycles. The molecule has 1 saturated heterocycles. The summed E-state index contributed by atoms with van der Waals surface area (Å²) in [6, 6.07) is 0. The van der Waals surface area contributed by atoms with Crippen LogP contribution in [0.25, 0.3) is 0 Å². The van der Waals surface area contributed by atoms with Gasteiger partial charge >= 0.3 is 5.97 Å². The van der Waals surface area contributed by atoms with Gasteiger partial charge in [0.05, 0.1) is 12.4 Å². The second kappa shape index (κ2) is 4.12. The van der Waals surface area contributed by atoms with Gasteiger partial charge in [0.2, 0.25) is 5.91 Å². The Morgan fingerprint density at radius 1 is 1.60 bits per heavy atom. The van der Waals surface area contributed by atoms with E-state index in [2.05, 4.69) is 15.5 Å². The summed E-state index contributed by atoms with van der Waals surface area (Å²) in [7, 11) is 0. The van der Waals surface area contributed by atoms with E-state index >= 15 is 0 Å². The summed E-state index contributed by atoms with van der Waals surface area (Å²) >= 11 is 0. The zero-order chi connectivity index (χ0) is 10.7. The van der Waals surface area contributed by atoms with Crippen LogP contribution in [0.3, 0.4) is 0 Å². The number of esters is 1. The van der Waals surface area contributed by atoms with Crippen LogP contribution >= 0.6 is 0 Å². The first-order valence-corrected chi connectivity index (χ1v) is 4.75. The van der Waals surface area contributed by atoms with Crippen LogP contribution in [0, 0.1) is 5.92 Å². The third kappa shape index (κ3) is 2.15. The number of rotatable bonds is 2. The predicted molar refractivity (Wildman–Crippen MR) is 50.0 cm³/mol. The fourth-order valence-electron chi connectivity index (χ4n) is 1.48. The maximum Gasteiger partial charge on any atom is 0.323 e. The second-order valence-electron chi connectivity index (χ2n) is 3.34. The monoisotopic (exact) mass is 209 g/mol. The van der Waals surface area contributed by atoms with Crippen molar-refractivity contribution in [2.45, 2.75) is 12.8 Å². The topological polar surface area (TPSA) is 84.1 Å². The summed E-state index contributed by atoms with van der Waals surface area (Å²) in [5.41, 5.74) is 0. The zero-order valence-electron chi connectivity index (χ0n) is 8.03. The molecular formula is C9H11N3O3. The van der Waals surface area contributed by atoms with Crippen molar-refractivity contribution in [2.24, 2.45) is 5.92 Å². The van der Waals surface area contributed by atoms with Crippen LogP contribution in [-0.4, -0.2) is 28.6 Å². The molecule has 1 amide bonds. The van der Waals surface area contributed by atoms with Crippen LogP contribution in [0.5, 0.6) is 5.75 Å². The lowest BCUT2D eigenvalue weighted by molar-refractivity contribution is -0.146. The summed E-state index contributed by atoms with van der Waals surface area (Å²) < 4.78 is 4.97. The van der Waals surface area contributed by atoms with Gasteiger partial charge in [0.15, 0.2) is 5.75 Å². The Hall–Kier alpha value is -1.85.